The van der Waals surface area contributed by atoms with Crippen LogP contribution in [0.25, 0.3) is 0 Å². The number of aromatic nitrogens is 2. The van der Waals surface area contributed by atoms with Crippen molar-refractivity contribution in [3.8, 4) is 0 Å². The molecule has 4 rings (SSSR count). The third-order valence-electron chi connectivity index (χ3n) is 6.84. The summed E-state index contributed by atoms with van der Waals surface area (Å²) in [4.78, 5) is 25.8. The molecule has 0 saturated carbocycles. The summed E-state index contributed by atoms with van der Waals surface area (Å²) >= 11 is 0. The maximum absolute atomic E-state index is 13.2. The summed E-state index contributed by atoms with van der Waals surface area (Å²) in [6, 6.07) is 9.28. The molecular weight excluding hydrogens is 500 g/mol. The third-order valence-corrected chi connectivity index (χ3v) is 8.12. The monoisotopic (exact) mass is 546 g/mol. The van der Waals surface area contributed by atoms with Gasteiger partial charge in [-0.15, -0.1) is 0 Å². The van der Waals surface area contributed by atoms with Gasteiger partial charge in [0.15, 0.2) is 0 Å². The lowest BCUT2D eigenvalue weighted by atomic mass is 9.93. The highest BCUT2D eigenvalue weighted by atomic mass is 32.2. The minimum Gasteiger partial charge on any atom is -0.384 e. The highest BCUT2D eigenvalue weighted by Crippen LogP contribution is 2.26. The topological polar surface area (TPSA) is 113 Å². The molecule has 2 aliphatic heterocycles. The van der Waals surface area contributed by atoms with E-state index >= 15 is 0 Å². The Labute approximate surface area is 229 Å². The summed E-state index contributed by atoms with van der Waals surface area (Å²) in [5.41, 5.74) is 7.65. The summed E-state index contributed by atoms with van der Waals surface area (Å²) in [6.07, 6.45) is 7.63. The number of nitrogens with two attached hydrogens (primary N) is 1. The van der Waals surface area contributed by atoms with Crippen molar-refractivity contribution in [1.29, 1.82) is 0 Å². The first-order chi connectivity index (χ1) is 18.3. The lowest BCUT2D eigenvalue weighted by Gasteiger charge is -2.39. The van der Waals surface area contributed by atoms with Gasteiger partial charge < -0.3 is 10.6 Å². The van der Waals surface area contributed by atoms with Gasteiger partial charge in [0.05, 0.1) is 18.5 Å². The molecule has 0 aliphatic carbocycles. The van der Waals surface area contributed by atoms with E-state index in [2.05, 4.69) is 14.9 Å². The van der Waals surface area contributed by atoms with Crippen LogP contribution in [0.2, 0.25) is 0 Å². The zero-order valence-corrected chi connectivity index (χ0v) is 24.5. The Morgan fingerprint density at radius 1 is 0.974 bits per heavy atom. The molecule has 4 heterocycles. The smallest absolute Gasteiger partial charge is 0.225 e. The van der Waals surface area contributed by atoms with Crippen molar-refractivity contribution in [2.45, 2.75) is 72.5 Å². The highest BCUT2D eigenvalue weighted by Gasteiger charge is 2.34. The van der Waals surface area contributed by atoms with Gasteiger partial charge in [0, 0.05) is 44.0 Å². The Balaban J connectivity index is 0.00000121. The van der Waals surface area contributed by atoms with Crippen LogP contribution < -0.4 is 5.73 Å². The number of carbonyl (C=O) groups is 1. The zero-order chi connectivity index (χ0) is 28.1. The van der Waals surface area contributed by atoms with Crippen LogP contribution in [0.3, 0.4) is 0 Å². The van der Waals surface area contributed by atoms with Gasteiger partial charge in [0.2, 0.25) is 15.9 Å². The molecule has 2 fully saturated rings. The lowest BCUT2D eigenvalue weighted by molar-refractivity contribution is -0.138. The van der Waals surface area contributed by atoms with Crippen molar-refractivity contribution in [3.63, 3.8) is 0 Å². The van der Waals surface area contributed by atoms with E-state index in [-0.39, 0.29) is 24.4 Å². The van der Waals surface area contributed by atoms with Crippen LogP contribution in [0.5, 0.6) is 0 Å². The van der Waals surface area contributed by atoms with Crippen LogP contribution in [0, 0.1) is 5.92 Å². The van der Waals surface area contributed by atoms with Crippen molar-refractivity contribution in [2.24, 2.45) is 5.92 Å². The van der Waals surface area contributed by atoms with Gasteiger partial charge in [-0.2, -0.15) is 4.31 Å². The Morgan fingerprint density at radius 2 is 1.63 bits per heavy atom. The zero-order valence-electron chi connectivity index (χ0n) is 23.7. The van der Waals surface area contributed by atoms with Crippen LogP contribution in [0.15, 0.2) is 42.7 Å². The standard InChI is InChI=1S/C24H34N6O3S.2C2H6/c1-34(32,33)30(18-21-4-2-3-10-26-21)22-8-14-29(15-9-22)24(31)20-6-12-28(13-7-20)17-19-5-11-27-23(25)16-19;2*1-2/h2-5,10-11,16,20,22H,6-9,12-15,17-18H2,1H3,(H2,25,27);2*1-2H3. The van der Waals surface area contributed by atoms with Gasteiger partial charge in [-0.3, -0.25) is 14.7 Å². The summed E-state index contributed by atoms with van der Waals surface area (Å²) < 4.78 is 26.5. The molecule has 2 N–H and O–H groups in total. The number of hydrogen-bond acceptors (Lipinski definition) is 7. The van der Waals surface area contributed by atoms with E-state index < -0.39 is 10.0 Å². The fourth-order valence-corrected chi connectivity index (χ4v) is 6.11. The van der Waals surface area contributed by atoms with E-state index in [1.54, 1.807) is 16.7 Å². The first-order valence-corrected chi connectivity index (χ1v) is 15.7. The molecule has 0 bridgehead atoms. The number of hydrogen-bond donors (Lipinski definition) is 1. The molecule has 0 aromatic carbocycles. The number of nitrogens with zero attached hydrogens (tertiary/aromatic N) is 5. The summed E-state index contributed by atoms with van der Waals surface area (Å²) in [5, 5.41) is 0. The normalized spacial score (nSPS) is 17.3. The van der Waals surface area contributed by atoms with Crippen LogP contribution in [-0.4, -0.2) is 76.9 Å². The van der Waals surface area contributed by atoms with Crippen LogP contribution in [-0.2, 0) is 27.9 Å². The van der Waals surface area contributed by atoms with Crippen LogP contribution >= 0.6 is 0 Å². The number of sulfonamides is 1. The van der Waals surface area contributed by atoms with E-state index in [9.17, 15) is 13.2 Å². The number of rotatable bonds is 7. The summed E-state index contributed by atoms with van der Waals surface area (Å²) in [6.45, 7) is 12.0. The molecule has 2 saturated heterocycles. The third kappa shape index (κ3) is 9.32. The SMILES string of the molecule is CC.CC.CS(=O)(=O)N(Cc1ccccn1)C1CCN(C(=O)C2CCN(Cc3ccnc(N)c3)CC2)CC1. The first-order valence-electron chi connectivity index (χ1n) is 13.9. The molecule has 0 radical (unpaired) electrons. The molecule has 0 atom stereocenters. The Bertz CT molecular complexity index is 1070. The van der Waals surface area contributed by atoms with Crippen molar-refractivity contribution in [3.05, 3.63) is 54.0 Å². The average Bonchev–Trinajstić information content (AvgIpc) is 2.94. The Kier molecular flexibility index (Phi) is 13.1. The van der Waals surface area contributed by atoms with Crippen molar-refractivity contribution >= 4 is 21.7 Å². The maximum Gasteiger partial charge on any atom is 0.225 e. The number of nitrogen functional groups attached to an aromatic ring is 1. The first kappa shape index (κ1) is 31.7. The molecule has 9 nitrogen and oxygen atoms in total. The largest absolute Gasteiger partial charge is 0.384 e. The molecule has 0 unspecified atom stereocenters. The van der Waals surface area contributed by atoms with Gasteiger partial charge in [-0.1, -0.05) is 33.8 Å². The maximum atomic E-state index is 13.2. The number of amides is 1. The van der Waals surface area contributed by atoms with Gasteiger partial charge in [-0.05, 0) is 68.6 Å². The number of anilines is 1. The number of piperidine rings is 2. The van der Waals surface area contributed by atoms with E-state index in [1.165, 1.54) is 6.26 Å². The van der Waals surface area contributed by atoms with Gasteiger partial charge >= 0.3 is 0 Å². The quantitative estimate of drug-likeness (QED) is 0.562. The van der Waals surface area contributed by atoms with E-state index in [0.29, 0.717) is 31.7 Å². The second-order valence-corrected chi connectivity index (χ2v) is 11.3. The van der Waals surface area contributed by atoms with Gasteiger partial charge in [0.1, 0.15) is 5.82 Å². The van der Waals surface area contributed by atoms with Crippen molar-refractivity contribution < 1.29 is 13.2 Å². The molecule has 2 aromatic heterocycles. The molecular formula is C28H46N6O3S. The predicted octanol–water partition coefficient (Wildman–Crippen LogP) is 3.78. The average molecular weight is 547 g/mol. The van der Waals surface area contributed by atoms with E-state index in [1.807, 2.05) is 62.9 Å². The lowest BCUT2D eigenvalue weighted by Crippen LogP contribution is -2.50. The molecule has 10 heteroatoms. The minimum atomic E-state index is -3.38. The fraction of sp³-hybridized carbons (Fsp3) is 0.607. The molecule has 38 heavy (non-hydrogen) atoms. The van der Waals surface area contributed by atoms with Gasteiger partial charge in [-0.25, -0.2) is 13.4 Å². The molecule has 1 amide bonds. The fourth-order valence-electron chi connectivity index (χ4n) is 4.99. The molecule has 0 spiro atoms. The van der Waals surface area contributed by atoms with Crippen LogP contribution in [0.1, 0.15) is 64.6 Å². The second-order valence-electron chi connectivity index (χ2n) is 9.33. The molecule has 212 valence electrons. The van der Waals surface area contributed by atoms with Crippen molar-refractivity contribution in [1.82, 2.24) is 24.1 Å². The Morgan fingerprint density at radius 3 is 2.18 bits per heavy atom. The van der Waals surface area contributed by atoms with E-state index in [0.717, 1.165) is 43.7 Å². The van der Waals surface area contributed by atoms with Crippen LogP contribution in [0.4, 0.5) is 5.82 Å². The van der Waals surface area contributed by atoms with E-state index in [4.69, 9.17) is 5.73 Å². The Hall–Kier alpha value is -2.56. The van der Waals surface area contributed by atoms with Crippen molar-refractivity contribution in [2.75, 3.05) is 38.2 Å². The highest BCUT2D eigenvalue weighted by molar-refractivity contribution is 7.88. The summed E-state index contributed by atoms with van der Waals surface area (Å²) in [7, 11) is -3.38. The molecule has 2 aliphatic rings. The minimum absolute atomic E-state index is 0.0369. The van der Waals surface area contributed by atoms with Gasteiger partial charge in [0.25, 0.3) is 0 Å². The number of likely N-dealkylation sites (tertiary alicyclic amines) is 2. The predicted molar refractivity (Wildman–Crippen MR) is 154 cm³/mol. The molecule has 2 aromatic rings. The second kappa shape index (κ2) is 15.8. The number of pyridine rings is 2. The summed E-state index contributed by atoms with van der Waals surface area (Å²) in [5.74, 6) is 0.775. The number of carbonyl (C=O) groups excluding carboxylic acids is 1.